The molecule has 0 saturated heterocycles. The minimum atomic E-state index is -4.80. The van der Waals surface area contributed by atoms with Crippen LogP contribution in [0.4, 0.5) is 0 Å². The maximum absolute atomic E-state index is 12.4. The molecule has 2 atom stereocenters. The van der Waals surface area contributed by atoms with Gasteiger partial charge in [0.2, 0.25) is 0 Å². The maximum Gasteiger partial charge on any atom is 0.469 e. The zero-order valence-electron chi connectivity index (χ0n) is 31.8. The van der Waals surface area contributed by atoms with Crippen molar-refractivity contribution in [3.63, 3.8) is 0 Å². The fourth-order valence-electron chi connectivity index (χ4n) is 5.12. The molecule has 51 heavy (non-hydrogen) atoms. The Bertz CT molecular complexity index is 1030. The third-order valence-electron chi connectivity index (χ3n) is 8.11. The molecule has 0 aromatic carbocycles. The molecule has 0 unspecified atom stereocenters. The Balaban J connectivity index is 4.18. The second-order valence-corrected chi connectivity index (χ2v) is 14.3. The van der Waals surface area contributed by atoms with Gasteiger partial charge in [-0.05, 0) is 70.6 Å². The topological polar surface area (TPSA) is 140 Å². The standard InChI is InChI=1S/C41H71O9P/c1-3-5-7-9-11-13-15-17-18-20-22-24-26-28-30-34-41(44)50-39(37-49-51(45,46)47)36-48-40(43)35-31-33-38(42)32-29-27-25-23-21-19-16-14-12-10-8-6-4-2/h12,14,17-19,21,25,27,29,32,38-39,42H,3-11,13,15-16,20,22-24,26,28,30-31,33-37H2,1-2H3,(H2,45,46,47)/b14-12-,18-17-,21-19-,27-25-,32-29+/t38-,39-/m1/s1. The Kier molecular flexibility index (Phi) is 34.5. The molecule has 0 bridgehead atoms. The summed E-state index contributed by atoms with van der Waals surface area (Å²) in [6.07, 6.45) is 41.1. The number of hydrogen-bond acceptors (Lipinski definition) is 7. The number of aliphatic hydroxyl groups is 1. The monoisotopic (exact) mass is 738 g/mol. The molecule has 0 spiro atoms. The highest BCUT2D eigenvalue weighted by Gasteiger charge is 2.23. The number of carbonyl (C=O) groups excluding carboxylic acids is 2. The molecule has 0 radical (unpaired) electrons. The van der Waals surface area contributed by atoms with E-state index in [1.54, 1.807) is 12.2 Å². The molecule has 0 heterocycles. The number of unbranched alkanes of at least 4 members (excludes halogenated alkanes) is 14. The molecule has 0 aromatic heterocycles. The largest absolute Gasteiger partial charge is 0.469 e. The van der Waals surface area contributed by atoms with Crippen LogP contribution in [0.1, 0.15) is 162 Å². The van der Waals surface area contributed by atoms with Gasteiger partial charge in [0.25, 0.3) is 0 Å². The second-order valence-electron chi connectivity index (χ2n) is 13.1. The Morgan fingerprint density at radius 3 is 1.76 bits per heavy atom. The van der Waals surface area contributed by atoms with E-state index in [0.29, 0.717) is 19.3 Å². The van der Waals surface area contributed by atoms with Gasteiger partial charge in [-0.3, -0.25) is 14.1 Å². The first-order chi connectivity index (χ1) is 24.7. The number of carbonyl (C=O) groups is 2. The number of rotatable bonds is 35. The minimum Gasteiger partial charge on any atom is -0.462 e. The second kappa shape index (κ2) is 36.1. The minimum absolute atomic E-state index is 0.0352. The third-order valence-corrected chi connectivity index (χ3v) is 8.60. The lowest BCUT2D eigenvalue weighted by Gasteiger charge is -2.18. The Morgan fingerprint density at radius 2 is 1.12 bits per heavy atom. The van der Waals surface area contributed by atoms with Crippen LogP contribution in [0.15, 0.2) is 60.8 Å². The Morgan fingerprint density at radius 1 is 0.608 bits per heavy atom. The van der Waals surface area contributed by atoms with Crippen LogP contribution in [0.25, 0.3) is 0 Å². The smallest absolute Gasteiger partial charge is 0.462 e. The quantitative estimate of drug-likeness (QED) is 0.0190. The van der Waals surface area contributed by atoms with Gasteiger partial charge >= 0.3 is 19.8 Å². The van der Waals surface area contributed by atoms with Crippen LogP contribution in [-0.2, 0) is 28.2 Å². The van der Waals surface area contributed by atoms with E-state index in [-0.39, 0.29) is 19.4 Å². The molecule has 0 rings (SSSR count). The fourth-order valence-corrected chi connectivity index (χ4v) is 5.48. The van der Waals surface area contributed by atoms with Crippen LogP contribution in [-0.4, -0.2) is 52.3 Å². The van der Waals surface area contributed by atoms with Gasteiger partial charge in [0.15, 0.2) is 6.10 Å². The van der Waals surface area contributed by atoms with Crippen molar-refractivity contribution in [2.24, 2.45) is 0 Å². The van der Waals surface area contributed by atoms with Gasteiger partial charge < -0.3 is 24.4 Å². The zero-order chi connectivity index (χ0) is 37.7. The molecular weight excluding hydrogens is 667 g/mol. The normalized spacial score (nSPS) is 13.7. The number of esters is 2. The van der Waals surface area contributed by atoms with Gasteiger partial charge in [-0.2, -0.15) is 0 Å². The zero-order valence-corrected chi connectivity index (χ0v) is 32.7. The summed E-state index contributed by atoms with van der Waals surface area (Å²) < 4.78 is 26.2. The molecule has 0 aromatic rings. The molecule has 0 amide bonds. The highest BCUT2D eigenvalue weighted by atomic mass is 31.2. The number of aliphatic hydroxyl groups excluding tert-OH is 1. The molecule has 0 saturated carbocycles. The van der Waals surface area contributed by atoms with Crippen molar-refractivity contribution in [1.82, 2.24) is 0 Å². The number of phosphoric acid groups is 1. The third kappa shape index (κ3) is 38.8. The van der Waals surface area contributed by atoms with Crippen LogP contribution >= 0.6 is 7.82 Å². The first-order valence-corrected chi connectivity index (χ1v) is 21.2. The summed E-state index contributed by atoms with van der Waals surface area (Å²) in [4.78, 5) is 42.8. The summed E-state index contributed by atoms with van der Waals surface area (Å²) in [5, 5.41) is 10.2. The molecule has 3 N–H and O–H groups in total. The van der Waals surface area contributed by atoms with E-state index in [4.69, 9.17) is 19.3 Å². The predicted octanol–water partition coefficient (Wildman–Crippen LogP) is 10.7. The van der Waals surface area contributed by atoms with Gasteiger partial charge in [0, 0.05) is 12.8 Å². The van der Waals surface area contributed by atoms with Gasteiger partial charge in [0.05, 0.1) is 12.7 Å². The van der Waals surface area contributed by atoms with Crippen molar-refractivity contribution in [3.05, 3.63) is 60.8 Å². The lowest BCUT2D eigenvalue weighted by Crippen LogP contribution is -2.29. The van der Waals surface area contributed by atoms with Crippen molar-refractivity contribution in [2.75, 3.05) is 13.2 Å². The molecule has 0 aliphatic rings. The van der Waals surface area contributed by atoms with Gasteiger partial charge in [0.1, 0.15) is 6.61 Å². The Hall–Kier alpha value is -2.29. The molecule has 294 valence electrons. The maximum atomic E-state index is 12.4. The van der Waals surface area contributed by atoms with E-state index in [0.717, 1.165) is 57.8 Å². The first-order valence-electron chi connectivity index (χ1n) is 19.7. The van der Waals surface area contributed by atoms with E-state index in [1.807, 2.05) is 12.2 Å². The highest BCUT2D eigenvalue weighted by molar-refractivity contribution is 7.46. The lowest BCUT2D eigenvalue weighted by molar-refractivity contribution is -0.161. The number of allylic oxidation sites excluding steroid dienone is 9. The van der Waals surface area contributed by atoms with Crippen molar-refractivity contribution < 1.29 is 43.0 Å². The summed E-state index contributed by atoms with van der Waals surface area (Å²) in [7, 11) is -4.80. The summed E-state index contributed by atoms with van der Waals surface area (Å²) in [5.74, 6) is -1.10. The van der Waals surface area contributed by atoms with Crippen LogP contribution in [0.2, 0.25) is 0 Å². The molecule has 10 heteroatoms. The van der Waals surface area contributed by atoms with Crippen molar-refractivity contribution in [2.45, 2.75) is 174 Å². The van der Waals surface area contributed by atoms with Gasteiger partial charge in [-0.25, -0.2) is 4.57 Å². The van der Waals surface area contributed by atoms with E-state index >= 15 is 0 Å². The SMILES string of the molecule is CCCCC/C=C\C/C=C\C/C=C\C=C\[C@@H](O)CCCC(=O)OC[C@H](COP(=O)(O)O)OC(=O)CCCCCCC/C=C\CCCCCCCC. The van der Waals surface area contributed by atoms with Crippen LogP contribution in [0.3, 0.4) is 0 Å². The Labute approximate surface area is 309 Å². The fraction of sp³-hybridized carbons (Fsp3) is 0.707. The molecular formula is C41H71O9P. The van der Waals surface area contributed by atoms with Crippen LogP contribution in [0, 0.1) is 0 Å². The van der Waals surface area contributed by atoms with Crippen molar-refractivity contribution in [1.29, 1.82) is 0 Å². The van der Waals surface area contributed by atoms with E-state index in [9.17, 15) is 19.3 Å². The van der Waals surface area contributed by atoms with Crippen LogP contribution in [0.5, 0.6) is 0 Å². The average Bonchev–Trinajstić information content (AvgIpc) is 3.09. The summed E-state index contributed by atoms with van der Waals surface area (Å²) in [6.45, 7) is 3.46. The highest BCUT2D eigenvalue weighted by Crippen LogP contribution is 2.36. The molecule has 0 aliphatic heterocycles. The summed E-state index contributed by atoms with van der Waals surface area (Å²) in [6, 6.07) is 0. The van der Waals surface area contributed by atoms with E-state index < -0.39 is 38.6 Å². The molecule has 9 nitrogen and oxygen atoms in total. The summed E-state index contributed by atoms with van der Waals surface area (Å²) >= 11 is 0. The molecule has 0 aliphatic carbocycles. The van der Waals surface area contributed by atoms with Gasteiger partial charge in [-0.15, -0.1) is 0 Å². The van der Waals surface area contributed by atoms with Crippen LogP contribution < -0.4 is 0 Å². The average molecular weight is 739 g/mol. The lowest BCUT2D eigenvalue weighted by atomic mass is 10.1. The van der Waals surface area contributed by atoms with Gasteiger partial charge in [-0.1, -0.05) is 139 Å². The summed E-state index contributed by atoms with van der Waals surface area (Å²) in [5.41, 5.74) is 0. The number of phosphoric ester groups is 1. The number of ether oxygens (including phenoxy) is 2. The van der Waals surface area contributed by atoms with Crippen molar-refractivity contribution in [3.8, 4) is 0 Å². The van der Waals surface area contributed by atoms with E-state index in [1.165, 1.54) is 57.8 Å². The first kappa shape index (κ1) is 48.7. The predicted molar refractivity (Wildman–Crippen MR) is 208 cm³/mol. The molecule has 0 fully saturated rings. The van der Waals surface area contributed by atoms with Crippen molar-refractivity contribution >= 4 is 19.8 Å². The number of hydrogen-bond donors (Lipinski definition) is 3. The van der Waals surface area contributed by atoms with E-state index in [2.05, 4.69) is 54.8 Å².